The molecule has 0 radical (unpaired) electrons. The molecule has 1 aliphatic carbocycles. The van der Waals surface area contributed by atoms with E-state index in [9.17, 15) is 13.2 Å². The van der Waals surface area contributed by atoms with E-state index in [1.54, 1.807) is 53.4 Å². The Labute approximate surface area is 189 Å². The number of carbonyl (C=O) groups excluding carboxylic acids is 1. The van der Waals surface area contributed by atoms with Crippen molar-refractivity contribution >= 4 is 21.6 Å². The first-order chi connectivity index (χ1) is 15.3. The predicted molar refractivity (Wildman–Crippen MR) is 125 cm³/mol. The number of para-hydroxylation sites is 1. The monoisotopic (exact) mass is 449 g/mol. The molecule has 1 amide bonds. The van der Waals surface area contributed by atoms with Crippen molar-refractivity contribution in [2.75, 3.05) is 11.3 Å². The average molecular weight is 450 g/mol. The van der Waals surface area contributed by atoms with Crippen molar-refractivity contribution in [3.8, 4) is 0 Å². The van der Waals surface area contributed by atoms with E-state index < -0.39 is 10.0 Å². The van der Waals surface area contributed by atoms with Gasteiger partial charge in [-0.3, -0.25) is 14.5 Å². The Kier molecular flexibility index (Phi) is 6.28. The zero-order valence-electron chi connectivity index (χ0n) is 18.3. The number of hydrogen-bond donors (Lipinski definition) is 1. The number of rotatable bonds is 8. The molecule has 0 bridgehead atoms. The highest BCUT2D eigenvalue weighted by Crippen LogP contribution is 2.31. The minimum Gasteiger partial charge on any atom is -0.332 e. The second kappa shape index (κ2) is 9.12. The Morgan fingerprint density at radius 3 is 2.41 bits per heavy atom. The zero-order chi connectivity index (χ0) is 22.7. The second-order valence-corrected chi connectivity index (χ2v) is 10.0. The SMILES string of the molecule is Cc1ccc(S(=O)(=O)Nc2ccccc2C(=O)N(Cc2cccc(C)n2)CC2CC2)cc1. The molecule has 1 fully saturated rings. The molecular formula is C25H27N3O3S. The van der Waals surface area contributed by atoms with Crippen LogP contribution in [0, 0.1) is 19.8 Å². The molecule has 0 unspecified atom stereocenters. The van der Waals surface area contributed by atoms with E-state index >= 15 is 0 Å². The molecule has 4 rings (SSSR count). The van der Waals surface area contributed by atoms with Gasteiger partial charge < -0.3 is 4.90 Å². The fraction of sp³-hybridized carbons (Fsp3) is 0.280. The van der Waals surface area contributed by atoms with E-state index in [0.717, 1.165) is 29.8 Å². The third kappa shape index (κ3) is 5.34. The van der Waals surface area contributed by atoms with Gasteiger partial charge in [0.2, 0.25) is 0 Å². The van der Waals surface area contributed by atoms with E-state index in [4.69, 9.17) is 0 Å². The van der Waals surface area contributed by atoms with Crippen LogP contribution in [0.3, 0.4) is 0 Å². The molecule has 6 nitrogen and oxygen atoms in total. The number of sulfonamides is 1. The highest BCUT2D eigenvalue weighted by Gasteiger charge is 2.29. The molecule has 3 aromatic rings. The molecule has 166 valence electrons. The van der Waals surface area contributed by atoms with Gasteiger partial charge >= 0.3 is 0 Å². The van der Waals surface area contributed by atoms with Gasteiger partial charge in [-0.05, 0) is 69.0 Å². The lowest BCUT2D eigenvalue weighted by Crippen LogP contribution is -2.33. The quantitative estimate of drug-likeness (QED) is 0.547. The molecule has 1 saturated carbocycles. The number of anilines is 1. The number of amides is 1. The number of pyridine rings is 1. The zero-order valence-corrected chi connectivity index (χ0v) is 19.1. The number of carbonyl (C=O) groups is 1. The van der Waals surface area contributed by atoms with Crippen LogP contribution in [0.25, 0.3) is 0 Å². The normalized spacial score (nSPS) is 13.6. The molecule has 0 spiro atoms. The van der Waals surface area contributed by atoms with Crippen LogP contribution >= 0.6 is 0 Å². The van der Waals surface area contributed by atoms with Crippen molar-refractivity contribution in [3.05, 3.63) is 89.2 Å². The van der Waals surface area contributed by atoms with Crippen LogP contribution in [0.4, 0.5) is 5.69 Å². The lowest BCUT2D eigenvalue weighted by Gasteiger charge is -2.24. The Hall–Kier alpha value is -3.19. The number of nitrogens with one attached hydrogen (secondary N) is 1. The minimum absolute atomic E-state index is 0.157. The van der Waals surface area contributed by atoms with Gasteiger partial charge in [-0.2, -0.15) is 0 Å². The number of nitrogens with zero attached hydrogens (tertiary/aromatic N) is 2. The Balaban J connectivity index is 1.61. The van der Waals surface area contributed by atoms with E-state index in [2.05, 4.69) is 9.71 Å². The summed E-state index contributed by atoms with van der Waals surface area (Å²) in [5.41, 5.74) is 3.29. The van der Waals surface area contributed by atoms with E-state index in [1.165, 1.54) is 0 Å². The first-order valence-corrected chi connectivity index (χ1v) is 12.2. The van der Waals surface area contributed by atoms with E-state index in [1.807, 2.05) is 32.0 Å². The molecular weight excluding hydrogens is 422 g/mol. The van der Waals surface area contributed by atoms with Gasteiger partial charge in [0.05, 0.1) is 28.4 Å². The van der Waals surface area contributed by atoms with Crippen LogP contribution in [-0.4, -0.2) is 30.8 Å². The third-order valence-corrected chi connectivity index (χ3v) is 6.88. The van der Waals surface area contributed by atoms with Crippen LogP contribution in [0.5, 0.6) is 0 Å². The van der Waals surface area contributed by atoms with Crippen molar-refractivity contribution in [2.45, 2.75) is 38.1 Å². The van der Waals surface area contributed by atoms with Crippen molar-refractivity contribution in [2.24, 2.45) is 5.92 Å². The van der Waals surface area contributed by atoms with Crippen molar-refractivity contribution < 1.29 is 13.2 Å². The summed E-state index contributed by atoms with van der Waals surface area (Å²) in [7, 11) is -3.82. The standard InChI is InChI=1S/C25H27N3O3S/c1-18-10-14-22(15-11-18)32(30,31)27-24-9-4-3-8-23(24)25(29)28(16-20-12-13-20)17-21-7-5-6-19(2)26-21/h3-11,14-15,20,27H,12-13,16-17H2,1-2H3. The van der Waals surface area contributed by atoms with Crippen molar-refractivity contribution in [1.29, 1.82) is 0 Å². The fourth-order valence-electron chi connectivity index (χ4n) is 3.56. The average Bonchev–Trinajstić information content (AvgIpc) is 3.57. The number of aromatic nitrogens is 1. The Morgan fingerprint density at radius 1 is 1.00 bits per heavy atom. The van der Waals surface area contributed by atoms with Gasteiger partial charge in [-0.1, -0.05) is 35.9 Å². The maximum atomic E-state index is 13.5. The Morgan fingerprint density at radius 2 is 1.72 bits per heavy atom. The maximum absolute atomic E-state index is 13.5. The lowest BCUT2D eigenvalue weighted by atomic mass is 10.1. The van der Waals surface area contributed by atoms with Gasteiger partial charge in [0.15, 0.2) is 0 Å². The summed E-state index contributed by atoms with van der Waals surface area (Å²) in [6.07, 6.45) is 2.21. The lowest BCUT2D eigenvalue weighted by molar-refractivity contribution is 0.0733. The maximum Gasteiger partial charge on any atom is 0.261 e. The highest BCUT2D eigenvalue weighted by molar-refractivity contribution is 7.92. The van der Waals surface area contributed by atoms with Crippen molar-refractivity contribution in [3.63, 3.8) is 0 Å². The van der Waals surface area contributed by atoms with Gasteiger partial charge in [-0.15, -0.1) is 0 Å². The van der Waals surface area contributed by atoms with Gasteiger partial charge in [-0.25, -0.2) is 8.42 Å². The summed E-state index contributed by atoms with van der Waals surface area (Å²) >= 11 is 0. The van der Waals surface area contributed by atoms with Crippen LogP contribution in [0.1, 0.15) is 40.2 Å². The molecule has 1 aliphatic rings. The summed E-state index contributed by atoms with van der Waals surface area (Å²) in [6.45, 7) is 4.84. The van der Waals surface area contributed by atoms with Crippen LogP contribution in [-0.2, 0) is 16.6 Å². The van der Waals surface area contributed by atoms with Gasteiger partial charge in [0.25, 0.3) is 15.9 Å². The largest absolute Gasteiger partial charge is 0.332 e. The fourth-order valence-corrected chi connectivity index (χ4v) is 4.64. The molecule has 0 saturated heterocycles. The summed E-state index contributed by atoms with van der Waals surface area (Å²) in [6, 6.07) is 19.1. The van der Waals surface area contributed by atoms with Gasteiger partial charge in [0.1, 0.15) is 0 Å². The third-order valence-electron chi connectivity index (χ3n) is 5.49. The van der Waals surface area contributed by atoms with E-state index in [-0.39, 0.29) is 16.5 Å². The van der Waals surface area contributed by atoms with Crippen LogP contribution in [0.2, 0.25) is 0 Å². The summed E-state index contributed by atoms with van der Waals surface area (Å²) < 4.78 is 28.5. The predicted octanol–water partition coefficient (Wildman–Crippen LogP) is 4.55. The highest BCUT2D eigenvalue weighted by atomic mass is 32.2. The molecule has 1 heterocycles. The number of benzene rings is 2. The summed E-state index contributed by atoms with van der Waals surface area (Å²) in [5, 5.41) is 0. The van der Waals surface area contributed by atoms with Gasteiger partial charge in [0, 0.05) is 12.2 Å². The molecule has 1 aromatic heterocycles. The number of hydrogen-bond acceptors (Lipinski definition) is 4. The molecule has 1 N–H and O–H groups in total. The minimum atomic E-state index is -3.82. The van der Waals surface area contributed by atoms with E-state index in [0.29, 0.717) is 24.6 Å². The van der Waals surface area contributed by atoms with Crippen molar-refractivity contribution in [1.82, 2.24) is 9.88 Å². The summed E-state index contributed by atoms with van der Waals surface area (Å²) in [5.74, 6) is 0.280. The second-order valence-electron chi connectivity index (χ2n) is 8.36. The number of aryl methyl sites for hydroxylation is 2. The molecule has 0 atom stereocenters. The molecule has 32 heavy (non-hydrogen) atoms. The topological polar surface area (TPSA) is 79.4 Å². The summed E-state index contributed by atoms with van der Waals surface area (Å²) in [4.78, 5) is 20.0. The smallest absolute Gasteiger partial charge is 0.261 e. The first-order valence-electron chi connectivity index (χ1n) is 10.7. The van der Waals surface area contributed by atoms with Crippen LogP contribution in [0.15, 0.2) is 71.6 Å². The van der Waals surface area contributed by atoms with Crippen LogP contribution < -0.4 is 4.72 Å². The first kappa shape index (κ1) is 22.0. The molecule has 0 aliphatic heterocycles. The molecule has 7 heteroatoms. The molecule has 2 aromatic carbocycles. The Bertz CT molecular complexity index is 1220.